The lowest BCUT2D eigenvalue weighted by Gasteiger charge is -2.21. The zero-order chi connectivity index (χ0) is 13.8. The van der Waals surface area contributed by atoms with Crippen LogP contribution in [-0.2, 0) is 6.54 Å². The molecule has 0 aliphatic heterocycles. The van der Waals surface area contributed by atoms with Crippen molar-refractivity contribution in [1.29, 1.82) is 0 Å². The van der Waals surface area contributed by atoms with Crippen LogP contribution in [0.5, 0.6) is 0 Å². The molecule has 0 unspecified atom stereocenters. The van der Waals surface area contributed by atoms with Gasteiger partial charge in [-0.05, 0) is 31.0 Å². The van der Waals surface area contributed by atoms with Crippen LogP contribution in [0.4, 0.5) is 10.1 Å². The van der Waals surface area contributed by atoms with Crippen LogP contribution in [0, 0.1) is 5.82 Å². The Balaban J connectivity index is 1.61. The van der Waals surface area contributed by atoms with Gasteiger partial charge in [-0.3, -0.25) is 4.68 Å². The molecule has 0 radical (unpaired) electrons. The summed E-state index contributed by atoms with van der Waals surface area (Å²) in [6.07, 6.45) is 8.44. The van der Waals surface area contributed by atoms with Gasteiger partial charge < -0.3 is 5.32 Å². The number of aromatic nitrogens is 2. The van der Waals surface area contributed by atoms with E-state index in [2.05, 4.69) is 15.1 Å². The Morgan fingerprint density at radius 3 is 2.75 bits per heavy atom. The first-order chi connectivity index (χ1) is 9.83. The molecular weight excluding hydrogens is 253 g/mol. The fourth-order valence-corrected chi connectivity index (χ4v) is 2.81. The van der Waals surface area contributed by atoms with E-state index < -0.39 is 0 Å². The number of para-hydroxylation sites is 1. The van der Waals surface area contributed by atoms with Crippen LogP contribution in [0.3, 0.4) is 0 Å². The lowest BCUT2D eigenvalue weighted by molar-refractivity contribution is 0.328. The summed E-state index contributed by atoms with van der Waals surface area (Å²) >= 11 is 0. The lowest BCUT2D eigenvalue weighted by Crippen LogP contribution is -2.13. The maximum Gasteiger partial charge on any atom is 0.146 e. The number of benzene rings is 1. The fraction of sp³-hybridized carbons (Fsp3) is 0.438. The molecule has 1 aromatic carbocycles. The molecule has 1 N–H and O–H groups in total. The molecule has 1 fully saturated rings. The summed E-state index contributed by atoms with van der Waals surface area (Å²) in [7, 11) is 0. The van der Waals surface area contributed by atoms with Gasteiger partial charge in [0.1, 0.15) is 5.82 Å². The summed E-state index contributed by atoms with van der Waals surface area (Å²) < 4.78 is 15.6. The fourth-order valence-electron chi connectivity index (χ4n) is 2.81. The van der Waals surface area contributed by atoms with E-state index in [1.807, 2.05) is 18.3 Å². The molecule has 0 bridgehead atoms. The van der Waals surface area contributed by atoms with Crippen molar-refractivity contribution in [2.75, 3.05) is 5.32 Å². The molecule has 3 rings (SSSR count). The van der Waals surface area contributed by atoms with Crippen molar-refractivity contribution < 1.29 is 4.39 Å². The SMILES string of the molecule is Fc1ccccc1NCc1ccn(C2CCCCC2)n1. The van der Waals surface area contributed by atoms with Gasteiger partial charge in [-0.15, -0.1) is 0 Å². The van der Waals surface area contributed by atoms with Gasteiger partial charge in [-0.1, -0.05) is 31.4 Å². The number of halogens is 1. The van der Waals surface area contributed by atoms with Crippen molar-refractivity contribution in [3.63, 3.8) is 0 Å². The molecule has 1 aliphatic carbocycles. The molecule has 106 valence electrons. The molecular formula is C16H20FN3. The second kappa shape index (κ2) is 6.07. The molecule has 4 heteroatoms. The van der Waals surface area contributed by atoms with Crippen LogP contribution in [0.15, 0.2) is 36.5 Å². The molecule has 1 heterocycles. The predicted molar refractivity (Wildman–Crippen MR) is 78.1 cm³/mol. The van der Waals surface area contributed by atoms with Crippen molar-refractivity contribution in [1.82, 2.24) is 9.78 Å². The van der Waals surface area contributed by atoms with E-state index in [-0.39, 0.29) is 5.82 Å². The normalized spacial score (nSPS) is 16.2. The molecule has 0 amide bonds. The standard InChI is InChI=1S/C16H20FN3/c17-15-8-4-5-9-16(15)18-12-13-10-11-20(19-13)14-6-2-1-3-7-14/h4-5,8-11,14,18H,1-3,6-7,12H2. The van der Waals surface area contributed by atoms with Crippen LogP contribution < -0.4 is 5.32 Å². The van der Waals surface area contributed by atoms with E-state index in [1.54, 1.807) is 12.1 Å². The van der Waals surface area contributed by atoms with Gasteiger partial charge in [0.2, 0.25) is 0 Å². The molecule has 1 aromatic heterocycles. The van der Waals surface area contributed by atoms with Gasteiger partial charge >= 0.3 is 0 Å². The van der Waals surface area contributed by atoms with E-state index in [9.17, 15) is 4.39 Å². The first-order valence-electron chi connectivity index (χ1n) is 7.35. The summed E-state index contributed by atoms with van der Waals surface area (Å²) in [6, 6.07) is 9.29. The molecule has 0 spiro atoms. The summed E-state index contributed by atoms with van der Waals surface area (Å²) in [6.45, 7) is 0.556. The highest BCUT2D eigenvalue weighted by Gasteiger charge is 2.15. The summed E-state index contributed by atoms with van der Waals surface area (Å²) in [5.74, 6) is -0.223. The Morgan fingerprint density at radius 1 is 1.15 bits per heavy atom. The molecule has 1 saturated carbocycles. The molecule has 3 nitrogen and oxygen atoms in total. The molecule has 20 heavy (non-hydrogen) atoms. The highest BCUT2D eigenvalue weighted by atomic mass is 19.1. The van der Waals surface area contributed by atoms with Gasteiger partial charge in [0, 0.05) is 6.20 Å². The first-order valence-corrected chi connectivity index (χ1v) is 7.35. The zero-order valence-electron chi connectivity index (χ0n) is 11.6. The predicted octanol–water partition coefficient (Wildman–Crippen LogP) is 4.14. The minimum atomic E-state index is -0.223. The summed E-state index contributed by atoms with van der Waals surface area (Å²) in [5.41, 5.74) is 1.48. The van der Waals surface area contributed by atoms with Crippen molar-refractivity contribution in [2.45, 2.75) is 44.7 Å². The maximum atomic E-state index is 13.5. The Hall–Kier alpha value is -1.84. The van der Waals surface area contributed by atoms with Crippen LogP contribution in [-0.4, -0.2) is 9.78 Å². The van der Waals surface area contributed by atoms with E-state index in [4.69, 9.17) is 0 Å². The van der Waals surface area contributed by atoms with E-state index in [0.717, 1.165) is 5.69 Å². The number of nitrogens with one attached hydrogen (secondary N) is 1. The molecule has 2 aromatic rings. The number of hydrogen-bond acceptors (Lipinski definition) is 2. The highest BCUT2D eigenvalue weighted by Crippen LogP contribution is 2.27. The summed E-state index contributed by atoms with van der Waals surface area (Å²) in [5, 5.41) is 7.71. The molecule has 1 aliphatic rings. The first kappa shape index (κ1) is 13.2. The van der Waals surface area contributed by atoms with Crippen LogP contribution in [0.2, 0.25) is 0 Å². The van der Waals surface area contributed by atoms with Gasteiger partial charge in [0.25, 0.3) is 0 Å². The van der Waals surface area contributed by atoms with Gasteiger partial charge in [0.05, 0.1) is 24.0 Å². The smallest absolute Gasteiger partial charge is 0.146 e. The average Bonchev–Trinajstić information content (AvgIpc) is 2.96. The quantitative estimate of drug-likeness (QED) is 0.907. The second-order valence-corrected chi connectivity index (χ2v) is 5.41. The van der Waals surface area contributed by atoms with Gasteiger partial charge in [0.15, 0.2) is 0 Å². The largest absolute Gasteiger partial charge is 0.377 e. The number of rotatable bonds is 4. The maximum absolute atomic E-state index is 13.5. The Kier molecular flexibility index (Phi) is 4.00. The Morgan fingerprint density at radius 2 is 1.95 bits per heavy atom. The number of anilines is 1. The highest BCUT2D eigenvalue weighted by molar-refractivity contribution is 5.44. The van der Waals surface area contributed by atoms with E-state index >= 15 is 0 Å². The van der Waals surface area contributed by atoms with Crippen LogP contribution in [0.25, 0.3) is 0 Å². The number of hydrogen-bond donors (Lipinski definition) is 1. The van der Waals surface area contributed by atoms with Crippen molar-refractivity contribution in [3.8, 4) is 0 Å². The van der Waals surface area contributed by atoms with Crippen molar-refractivity contribution in [3.05, 3.63) is 48.0 Å². The third-order valence-corrected chi connectivity index (χ3v) is 3.95. The van der Waals surface area contributed by atoms with E-state index in [0.29, 0.717) is 18.3 Å². The minimum Gasteiger partial charge on any atom is -0.377 e. The van der Waals surface area contributed by atoms with Crippen LogP contribution in [0.1, 0.15) is 43.8 Å². The van der Waals surface area contributed by atoms with Crippen LogP contribution >= 0.6 is 0 Å². The minimum absolute atomic E-state index is 0.223. The molecule has 0 atom stereocenters. The van der Waals surface area contributed by atoms with Crippen molar-refractivity contribution >= 4 is 5.69 Å². The average molecular weight is 273 g/mol. The Labute approximate surface area is 118 Å². The molecule has 0 saturated heterocycles. The second-order valence-electron chi connectivity index (χ2n) is 5.41. The topological polar surface area (TPSA) is 29.9 Å². The number of nitrogens with zero attached hydrogens (tertiary/aromatic N) is 2. The monoisotopic (exact) mass is 273 g/mol. The third kappa shape index (κ3) is 3.00. The van der Waals surface area contributed by atoms with Gasteiger partial charge in [-0.25, -0.2) is 4.39 Å². The Bertz CT molecular complexity index is 558. The summed E-state index contributed by atoms with van der Waals surface area (Å²) in [4.78, 5) is 0. The van der Waals surface area contributed by atoms with Gasteiger partial charge in [-0.2, -0.15) is 5.10 Å². The third-order valence-electron chi connectivity index (χ3n) is 3.95. The lowest BCUT2D eigenvalue weighted by atomic mass is 9.96. The zero-order valence-corrected chi connectivity index (χ0v) is 11.6. The van der Waals surface area contributed by atoms with Crippen molar-refractivity contribution in [2.24, 2.45) is 0 Å². The van der Waals surface area contributed by atoms with E-state index in [1.165, 1.54) is 38.2 Å².